The fourth-order valence-corrected chi connectivity index (χ4v) is 2.54. The molecule has 0 aromatic heterocycles. The minimum Gasteiger partial charge on any atom is -0.495 e. The zero-order valence-corrected chi connectivity index (χ0v) is 12.2. The first kappa shape index (κ1) is 15.5. The van der Waals surface area contributed by atoms with Gasteiger partial charge in [0.15, 0.2) is 9.84 Å². The third kappa shape index (κ3) is 3.70. The van der Waals surface area contributed by atoms with E-state index in [9.17, 15) is 13.2 Å². The number of benzene rings is 1. The maximum atomic E-state index is 11.5. The van der Waals surface area contributed by atoms with E-state index in [1.54, 1.807) is 26.0 Å². The number of aliphatic carboxylic acids is 1. The van der Waals surface area contributed by atoms with E-state index in [4.69, 9.17) is 9.84 Å². The molecular weight excluding hydrogens is 268 g/mol. The maximum Gasteiger partial charge on any atom is 0.309 e. The molecule has 0 fully saturated rings. The Balaban J connectivity index is 3.19. The third-order valence-electron chi connectivity index (χ3n) is 2.85. The Morgan fingerprint density at radius 2 is 1.95 bits per heavy atom. The lowest BCUT2D eigenvalue weighted by Crippen LogP contribution is -2.26. The summed E-state index contributed by atoms with van der Waals surface area (Å²) in [6, 6.07) is 4.63. The van der Waals surface area contributed by atoms with Gasteiger partial charge in [-0.25, -0.2) is 8.42 Å². The first-order valence-electron chi connectivity index (χ1n) is 5.68. The summed E-state index contributed by atoms with van der Waals surface area (Å²) >= 11 is 0. The Labute approximate surface area is 113 Å². The minimum absolute atomic E-state index is 0.104. The molecule has 5 nitrogen and oxygen atoms in total. The Bertz CT molecular complexity index is 587. The predicted octanol–water partition coefficient (Wildman–Crippen LogP) is 1.75. The molecule has 0 saturated heterocycles. The summed E-state index contributed by atoms with van der Waals surface area (Å²) < 4.78 is 28.1. The van der Waals surface area contributed by atoms with Crippen molar-refractivity contribution in [3.8, 4) is 5.75 Å². The number of ether oxygens (including phenoxy) is 1. The number of carboxylic acids is 1. The summed E-state index contributed by atoms with van der Waals surface area (Å²) in [7, 11) is -1.98. The van der Waals surface area contributed by atoms with Gasteiger partial charge in [-0.05, 0) is 38.0 Å². The molecular formula is C13H18O5S. The van der Waals surface area contributed by atoms with Gasteiger partial charge in [-0.3, -0.25) is 4.79 Å². The summed E-state index contributed by atoms with van der Waals surface area (Å²) in [4.78, 5) is 11.2. The lowest BCUT2D eigenvalue weighted by molar-refractivity contribution is -0.146. The van der Waals surface area contributed by atoms with E-state index in [-0.39, 0.29) is 10.6 Å². The van der Waals surface area contributed by atoms with Crippen LogP contribution in [-0.4, -0.2) is 32.9 Å². The van der Waals surface area contributed by atoms with E-state index in [2.05, 4.69) is 0 Å². The van der Waals surface area contributed by atoms with E-state index in [1.807, 2.05) is 0 Å². The second kappa shape index (κ2) is 5.21. The van der Waals surface area contributed by atoms with Crippen LogP contribution in [0, 0.1) is 5.41 Å². The number of rotatable bonds is 5. The van der Waals surface area contributed by atoms with Crippen molar-refractivity contribution in [2.24, 2.45) is 5.41 Å². The Kier molecular flexibility index (Phi) is 4.25. The highest BCUT2D eigenvalue weighted by Crippen LogP contribution is 2.29. The second-order valence-electron chi connectivity index (χ2n) is 5.12. The highest BCUT2D eigenvalue weighted by atomic mass is 32.2. The van der Waals surface area contributed by atoms with Crippen molar-refractivity contribution in [3.63, 3.8) is 0 Å². The van der Waals surface area contributed by atoms with Crippen LogP contribution in [0.5, 0.6) is 5.75 Å². The first-order chi connectivity index (χ1) is 8.58. The highest BCUT2D eigenvalue weighted by molar-refractivity contribution is 7.90. The molecule has 6 heteroatoms. The van der Waals surface area contributed by atoms with Crippen molar-refractivity contribution in [2.75, 3.05) is 13.4 Å². The summed E-state index contributed by atoms with van der Waals surface area (Å²) in [5, 5.41) is 9.09. The second-order valence-corrected chi connectivity index (χ2v) is 7.11. The van der Waals surface area contributed by atoms with Crippen molar-refractivity contribution >= 4 is 15.8 Å². The summed E-state index contributed by atoms with van der Waals surface area (Å²) in [6.07, 6.45) is 1.40. The summed E-state index contributed by atoms with van der Waals surface area (Å²) in [5.41, 5.74) is -0.200. The van der Waals surface area contributed by atoms with Crippen LogP contribution in [-0.2, 0) is 21.1 Å². The van der Waals surface area contributed by atoms with Crippen molar-refractivity contribution in [2.45, 2.75) is 25.2 Å². The predicted molar refractivity (Wildman–Crippen MR) is 71.2 cm³/mol. The van der Waals surface area contributed by atoms with Crippen LogP contribution >= 0.6 is 0 Å². The molecule has 0 aliphatic carbocycles. The van der Waals surface area contributed by atoms with Crippen LogP contribution in [0.3, 0.4) is 0 Å². The highest BCUT2D eigenvalue weighted by Gasteiger charge is 2.28. The lowest BCUT2D eigenvalue weighted by atomic mass is 9.86. The molecule has 1 N–H and O–H groups in total. The van der Waals surface area contributed by atoms with Gasteiger partial charge in [0, 0.05) is 6.26 Å². The number of sulfone groups is 1. The molecule has 19 heavy (non-hydrogen) atoms. The van der Waals surface area contributed by atoms with Gasteiger partial charge in [0.1, 0.15) is 10.6 Å². The molecule has 0 heterocycles. The van der Waals surface area contributed by atoms with Crippen LogP contribution < -0.4 is 4.74 Å². The van der Waals surface area contributed by atoms with Gasteiger partial charge >= 0.3 is 5.97 Å². The van der Waals surface area contributed by atoms with Gasteiger partial charge in [0.2, 0.25) is 0 Å². The van der Waals surface area contributed by atoms with Gasteiger partial charge in [0.25, 0.3) is 0 Å². The summed E-state index contributed by atoms with van der Waals surface area (Å²) in [5.74, 6) is -0.667. The molecule has 0 unspecified atom stereocenters. The molecule has 0 aliphatic rings. The monoisotopic (exact) mass is 286 g/mol. The molecule has 0 saturated carbocycles. The average Bonchev–Trinajstić information content (AvgIpc) is 2.26. The fourth-order valence-electron chi connectivity index (χ4n) is 1.71. The SMILES string of the molecule is COc1cc(CC(C)(C)C(=O)O)ccc1S(C)(=O)=O. The molecule has 0 atom stereocenters. The molecule has 0 amide bonds. The fraction of sp³-hybridized carbons (Fsp3) is 0.462. The first-order valence-corrected chi connectivity index (χ1v) is 7.57. The smallest absolute Gasteiger partial charge is 0.309 e. The van der Waals surface area contributed by atoms with Gasteiger partial charge in [-0.15, -0.1) is 0 Å². The quantitative estimate of drug-likeness (QED) is 0.892. The number of carboxylic acid groups (broad SMARTS) is 1. The van der Waals surface area contributed by atoms with E-state index >= 15 is 0 Å². The van der Waals surface area contributed by atoms with Crippen LogP contribution in [0.4, 0.5) is 0 Å². The van der Waals surface area contributed by atoms with Crippen molar-refractivity contribution in [1.82, 2.24) is 0 Å². The van der Waals surface area contributed by atoms with E-state index < -0.39 is 21.2 Å². The number of methoxy groups -OCH3 is 1. The van der Waals surface area contributed by atoms with E-state index in [0.29, 0.717) is 6.42 Å². The van der Waals surface area contributed by atoms with Gasteiger partial charge in [0.05, 0.1) is 12.5 Å². The van der Waals surface area contributed by atoms with Crippen LogP contribution in [0.25, 0.3) is 0 Å². The Hall–Kier alpha value is -1.56. The van der Waals surface area contributed by atoms with Crippen LogP contribution in [0.2, 0.25) is 0 Å². The van der Waals surface area contributed by atoms with Crippen LogP contribution in [0.1, 0.15) is 19.4 Å². The molecule has 106 valence electrons. The third-order valence-corrected chi connectivity index (χ3v) is 3.99. The molecule has 1 aromatic rings. The molecule has 0 radical (unpaired) electrons. The summed E-state index contributed by atoms with van der Waals surface area (Å²) in [6.45, 7) is 3.23. The molecule has 0 spiro atoms. The Morgan fingerprint density at radius 3 is 2.37 bits per heavy atom. The molecule has 0 aliphatic heterocycles. The number of hydrogen-bond acceptors (Lipinski definition) is 4. The molecule has 1 aromatic carbocycles. The number of carbonyl (C=O) groups is 1. The van der Waals surface area contributed by atoms with Crippen molar-refractivity contribution < 1.29 is 23.1 Å². The van der Waals surface area contributed by atoms with Crippen molar-refractivity contribution in [1.29, 1.82) is 0 Å². The average molecular weight is 286 g/mol. The van der Waals surface area contributed by atoms with Gasteiger partial charge in [-0.1, -0.05) is 6.07 Å². The standard InChI is InChI=1S/C13H18O5S/c1-13(2,12(14)15)8-9-5-6-11(19(4,16)17)10(7-9)18-3/h5-7H,8H2,1-4H3,(H,14,15). The number of hydrogen-bond donors (Lipinski definition) is 1. The molecule has 0 bridgehead atoms. The van der Waals surface area contributed by atoms with E-state index in [0.717, 1.165) is 11.8 Å². The Morgan fingerprint density at radius 1 is 1.37 bits per heavy atom. The normalized spacial score (nSPS) is 12.2. The lowest BCUT2D eigenvalue weighted by Gasteiger charge is -2.19. The van der Waals surface area contributed by atoms with Gasteiger partial charge < -0.3 is 9.84 Å². The zero-order chi connectivity index (χ0) is 14.8. The molecule has 1 rings (SSSR count). The minimum atomic E-state index is -3.36. The maximum absolute atomic E-state index is 11.5. The zero-order valence-electron chi connectivity index (χ0n) is 11.4. The largest absolute Gasteiger partial charge is 0.495 e. The van der Waals surface area contributed by atoms with Gasteiger partial charge in [-0.2, -0.15) is 0 Å². The van der Waals surface area contributed by atoms with Crippen LogP contribution in [0.15, 0.2) is 23.1 Å². The topological polar surface area (TPSA) is 80.7 Å². The van der Waals surface area contributed by atoms with Crippen molar-refractivity contribution in [3.05, 3.63) is 23.8 Å². The van der Waals surface area contributed by atoms with E-state index in [1.165, 1.54) is 13.2 Å².